The van der Waals surface area contributed by atoms with Gasteiger partial charge in [0.25, 0.3) is 0 Å². The molecule has 0 amide bonds. The summed E-state index contributed by atoms with van der Waals surface area (Å²) < 4.78 is 34.4. The largest absolute Gasteiger partial charge is 0.397 e. The third-order valence-corrected chi connectivity index (χ3v) is 5.96. The summed E-state index contributed by atoms with van der Waals surface area (Å²) >= 11 is 0. The highest BCUT2D eigenvalue weighted by atomic mass is 32.3. The minimum Gasteiger partial charge on any atom is -0.356 e. The fourth-order valence-electron chi connectivity index (χ4n) is 3.87. The van der Waals surface area contributed by atoms with Crippen LogP contribution in [0.3, 0.4) is 0 Å². The summed E-state index contributed by atoms with van der Waals surface area (Å²) in [7, 11) is -4.35. The molecule has 0 spiro atoms. The first-order chi connectivity index (χ1) is 13.4. The van der Waals surface area contributed by atoms with Gasteiger partial charge < -0.3 is 4.90 Å². The molecule has 0 saturated carbocycles. The van der Waals surface area contributed by atoms with Gasteiger partial charge >= 0.3 is 10.4 Å². The Kier molecular flexibility index (Phi) is 13.8. The standard InChI is InChI=1S/C21H42N2O4S/c1-3-4-5-6-7-8-9-10-11-12-13-14-15-20(2)21-22-16-17-23(21)18-19-27-28(24,25)26/h20H,3-19H2,1-2H3,(H,24,25,26). The number of unbranched alkanes of at least 4 members (excludes halogenated alkanes) is 11. The van der Waals surface area contributed by atoms with Gasteiger partial charge in [-0.05, 0) is 6.42 Å². The van der Waals surface area contributed by atoms with Crippen LogP contribution in [0, 0.1) is 5.92 Å². The summed E-state index contributed by atoms with van der Waals surface area (Å²) in [6, 6.07) is 0. The van der Waals surface area contributed by atoms with Crippen LogP contribution in [0.15, 0.2) is 4.99 Å². The Hall–Kier alpha value is -0.660. The third-order valence-electron chi connectivity index (χ3n) is 5.49. The third kappa shape index (κ3) is 12.7. The van der Waals surface area contributed by atoms with Crippen molar-refractivity contribution in [2.24, 2.45) is 10.9 Å². The fraction of sp³-hybridized carbons (Fsp3) is 0.952. The molecule has 166 valence electrons. The lowest BCUT2D eigenvalue weighted by atomic mass is 9.99. The minimum atomic E-state index is -4.35. The molecule has 1 aliphatic heterocycles. The highest BCUT2D eigenvalue weighted by Crippen LogP contribution is 2.18. The maximum Gasteiger partial charge on any atom is 0.397 e. The topological polar surface area (TPSA) is 79.2 Å². The van der Waals surface area contributed by atoms with E-state index in [1.165, 1.54) is 77.0 Å². The second kappa shape index (κ2) is 15.2. The van der Waals surface area contributed by atoms with Crippen LogP contribution in [0.1, 0.15) is 97.3 Å². The molecule has 1 unspecified atom stereocenters. The molecule has 1 heterocycles. The number of amidine groups is 1. The molecule has 0 bridgehead atoms. The van der Waals surface area contributed by atoms with Crippen molar-refractivity contribution in [3.8, 4) is 0 Å². The molecule has 1 rings (SSSR count). The van der Waals surface area contributed by atoms with E-state index < -0.39 is 10.4 Å². The smallest absolute Gasteiger partial charge is 0.356 e. The van der Waals surface area contributed by atoms with Crippen LogP contribution in [0.25, 0.3) is 0 Å². The first-order valence-corrected chi connectivity index (χ1v) is 12.7. The summed E-state index contributed by atoms with van der Waals surface area (Å²) in [6.07, 6.45) is 17.4. The molecule has 0 saturated heterocycles. The molecule has 1 aliphatic rings. The molecular formula is C21H42N2O4S. The van der Waals surface area contributed by atoms with Crippen LogP contribution in [-0.2, 0) is 14.6 Å². The van der Waals surface area contributed by atoms with E-state index in [1.807, 2.05) is 0 Å². The van der Waals surface area contributed by atoms with Crippen LogP contribution in [0.2, 0.25) is 0 Å². The Morgan fingerprint density at radius 1 is 1.00 bits per heavy atom. The summed E-state index contributed by atoms with van der Waals surface area (Å²) in [5.74, 6) is 1.44. The number of hydrogen-bond acceptors (Lipinski definition) is 5. The lowest BCUT2D eigenvalue weighted by Crippen LogP contribution is -2.35. The molecule has 1 atom stereocenters. The number of hydrogen-bond donors (Lipinski definition) is 1. The van der Waals surface area contributed by atoms with Gasteiger partial charge in [0.1, 0.15) is 5.84 Å². The quantitative estimate of drug-likeness (QED) is 0.243. The summed E-state index contributed by atoms with van der Waals surface area (Å²) in [6.45, 7) is 6.42. The Labute approximate surface area is 173 Å². The van der Waals surface area contributed by atoms with E-state index in [1.54, 1.807) is 0 Å². The molecule has 6 nitrogen and oxygen atoms in total. The van der Waals surface area contributed by atoms with Crippen molar-refractivity contribution >= 4 is 16.2 Å². The van der Waals surface area contributed by atoms with E-state index in [2.05, 4.69) is 27.9 Å². The minimum absolute atomic E-state index is 0.0385. The first-order valence-electron chi connectivity index (χ1n) is 11.3. The Balaban J connectivity index is 2.01. The molecule has 0 aromatic rings. The van der Waals surface area contributed by atoms with E-state index in [4.69, 9.17) is 4.55 Å². The zero-order valence-corrected chi connectivity index (χ0v) is 18.9. The second-order valence-electron chi connectivity index (χ2n) is 8.06. The predicted molar refractivity (Wildman–Crippen MR) is 116 cm³/mol. The van der Waals surface area contributed by atoms with Gasteiger partial charge in [0.05, 0.1) is 13.2 Å². The molecule has 1 N–H and O–H groups in total. The number of rotatable bonds is 18. The van der Waals surface area contributed by atoms with Crippen molar-refractivity contribution in [1.82, 2.24) is 4.90 Å². The van der Waals surface area contributed by atoms with Crippen LogP contribution >= 0.6 is 0 Å². The van der Waals surface area contributed by atoms with Crippen LogP contribution in [0.5, 0.6) is 0 Å². The summed E-state index contributed by atoms with van der Waals surface area (Å²) in [5.41, 5.74) is 0. The van der Waals surface area contributed by atoms with Gasteiger partial charge in [-0.15, -0.1) is 0 Å². The highest BCUT2D eigenvalue weighted by Gasteiger charge is 2.22. The van der Waals surface area contributed by atoms with Crippen molar-refractivity contribution in [2.75, 3.05) is 26.2 Å². The van der Waals surface area contributed by atoms with Crippen LogP contribution in [0.4, 0.5) is 0 Å². The van der Waals surface area contributed by atoms with E-state index in [9.17, 15) is 8.42 Å². The van der Waals surface area contributed by atoms with Gasteiger partial charge in [0.2, 0.25) is 0 Å². The second-order valence-corrected chi connectivity index (χ2v) is 9.15. The maximum atomic E-state index is 10.6. The molecule has 7 heteroatoms. The predicted octanol–water partition coefficient (Wildman–Crippen LogP) is 5.25. The number of aliphatic imine (C=N–C) groups is 1. The van der Waals surface area contributed by atoms with Crippen LogP contribution < -0.4 is 0 Å². The maximum absolute atomic E-state index is 10.6. The van der Waals surface area contributed by atoms with Crippen molar-refractivity contribution in [2.45, 2.75) is 97.3 Å². The average molecular weight is 419 g/mol. The zero-order chi connectivity index (χ0) is 20.7. The van der Waals surface area contributed by atoms with Gasteiger partial charge in [-0.25, -0.2) is 4.18 Å². The Morgan fingerprint density at radius 2 is 1.54 bits per heavy atom. The Morgan fingerprint density at radius 3 is 2.07 bits per heavy atom. The van der Waals surface area contributed by atoms with Crippen molar-refractivity contribution in [3.63, 3.8) is 0 Å². The molecular weight excluding hydrogens is 376 g/mol. The van der Waals surface area contributed by atoms with E-state index in [0.717, 1.165) is 25.3 Å². The molecule has 0 aromatic heterocycles. The lowest BCUT2D eigenvalue weighted by molar-refractivity contribution is 0.242. The molecule has 28 heavy (non-hydrogen) atoms. The van der Waals surface area contributed by atoms with Gasteiger partial charge in [0.15, 0.2) is 0 Å². The van der Waals surface area contributed by atoms with Crippen molar-refractivity contribution in [1.29, 1.82) is 0 Å². The Bertz CT molecular complexity index is 522. The monoisotopic (exact) mass is 418 g/mol. The van der Waals surface area contributed by atoms with Crippen molar-refractivity contribution in [3.05, 3.63) is 0 Å². The molecule has 0 aromatic carbocycles. The van der Waals surface area contributed by atoms with E-state index in [0.29, 0.717) is 12.5 Å². The molecule has 0 aliphatic carbocycles. The van der Waals surface area contributed by atoms with Crippen molar-refractivity contribution < 1.29 is 17.2 Å². The van der Waals surface area contributed by atoms with E-state index >= 15 is 0 Å². The summed E-state index contributed by atoms with van der Waals surface area (Å²) in [5, 5.41) is 0. The average Bonchev–Trinajstić information content (AvgIpc) is 3.10. The molecule has 0 fully saturated rings. The van der Waals surface area contributed by atoms with Gasteiger partial charge in [-0.3, -0.25) is 9.55 Å². The highest BCUT2D eigenvalue weighted by molar-refractivity contribution is 7.80. The first kappa shape index (κ1) is 25.4. The molecule has 0 radical (unpaired) electrons. The van der Waals surface area contributed by atoms with Gasteiger partial charge in [0, 0.05) is 19.0 Å². The van der Waals surface area contributed by atoms with Gasteiger partial charge in [-0.1, -0.05) is 90.9 Å². The summed E-state index contributed by atoms with van der Waals surface area (Å²) in [4.78, 5) is 6.66. The zero-order valence-electron chi connectivity index (χ0n) is 18.1. The van der Waals surface area contributed by atoms with Gasteiger partial charge in [-0.2, -0.15) is 8.42 Å². The fourth-order valence-corrected chi connectivity index (χ4v) is 4.15. The SMILES string of the molecule is CCCCCCCCCCCCCCC(C)C1=NCCN1CCOS(=O)(=O)O. The lowest BCUT2D eigenvalue weighted by Gasteiger charge is -2.24. The van der Waals surface area contributed by atoms with Crippen LogP contribution in [-0.4, -0.2) is 49.9 Å². The number of nitrogens with zero attached hydrogens (tertiary/aromatic N) is 2. The van der Waals surface area contributed by atoms with E-state index in [-0.39, 0.29) is 6.61 Å². The normalized spacial score (nSPS) is 15.8.